The van der Waals surface area contributed by atoms with E-state index in [0.717, 1.165) is 6.67 Å². The summed E-state index contributed by atoms with van der Waals surface area (Å²) in [5.74, 6) is 3.28. The number of amidine groups is 2. The van der Waals surface area contributed by atoms with Gasteiger partial charge in [-0.15, -0.1) is 0 Å². The molecule has 4 rings (SSSR count). The van der Waals surface area contributed by atoms with Crippen molar-refractivity contribution < 1.29 is 9.15 Å². The lowest BCUT2D eigenvalue weighted by Gasteiger charge is -2.29. The van der Waals surface area contributed by atoms with Gasteiger partial charge in [0.05, 0.1) is 52.1 Å². The molecule has 0 bridgehead atoms. The molecule has 0 saturated heterocycles. The molecule has 0 spiro atoms. The summed E-state index contributed by atoms with van der Waals surface area (Å²) in [6.45, 7) is 8.90. The monoisotopic (exact) mass is 278 g/mol. The minimum atomic E-state index is 0. The smallest absolute Gasteiger partial charge is 0.250 e. The summed E-state index contributed by atoms with van der Waals surface area (Å²) >= 11 is 0. The quantitative estimate of drug-likeness (QED) is 0.708. The van der Waals surface area contributed by atoms with Crippen molar-refractivity contribution in [1.29, 1.82) is 0 Å². The molecule has 0 atom stereocenters. The van der Waals surface area contributed by atoms with E-state index in [9.17, 15) is 0 Å². The van der Waals surface area contributed by atoms with Gasteiger partial charge in [0.25, 0.3) is 0 Å². The number of hydrogen-bond donors (Lipinski definition) is 0. The molecule has 0 unspecified atom stereocenters. The van der Waals surface area contributed by atoms with Crippen LogP contribution in [0.25, 0.3) is 0 Å². The highest BCUT2D eigenvalue weighted by Crippen LogP contribution is 2.18. The molecule has 20 heavy (non-hydrogen) atoms. The van der Waals surface area contributed by atoms with E-state index in [2.05, 4.69) is 19.0 Å². The molecule has 0 fully saturated rings. The topological polar surface area (TPSA) is 12.5 Å². The summed E-state index contributed by atoms with van der Waals surface area (Å²) in [7, 11) is 0. The van der Waals surface area contributed by atoms with E-state index < -0.39 is 0 Å². The molecule has 112 valence electrons. The second kappa shape index (κ2) is 5.74. The Bertz CT molecular complexity index is 398. The van der Waals surface area contributed by atoms with Crippen LogP contribution < -0.4 is 0 Å². The maximum Gasteiger partial charge on any atom is 0.250 e. The third kappa shape index (κ3) is 2.33. The van der Waals surface area contributed by atoms with Gasteiger partial charge in [0, 0.05) is 12.8 Å². The van der Waals surface area contributed by atoms with Crippen LogP contribution in [0.5, 0.6) is 0 Å². The van der Waals surface area contributed by atoms with Crippen molar-refractivity contribution in [3.8, 4) is 0 Å². The molecule has 0 aromatic carbocycles. The first kappa shape index (κ1) is 13.9. The van der Waals surface area contributed by atoms with Gasteiger partial charge in [0.2, 0.25) is 18.3 Å². The lowest BCUT2D eigenvalue weighted by Crippen LogP contribution is -2.51. The van der Waals surface area contributed by atoms with E-state index in [0.29, 0.717) is 0 Å². The van der Waals surface area contributed by atoms with Crippen molar-refractivity contribution in [2.24, 2.45) is 0 Å². The van der Waals surface area contributed by atoms with Gasteiger partial charge < -0.3 is 0 Å². The van der Waals surface area contributed by atoms with E-state index in [1.165, 1.54) is 77.8 Å². The minimum absolute atomic E-state index is 0. The molecule has 0 aromatic rings. The first-order valence-corrected chi connectivity index (χ1v) is 8.13. The first-order valence-electron chi connectivity index (χ1n) is 8.13. The molecule has 4 heteroatoms. The summed E-state index contributed by atoms with van der Waals surface area (Å²) in [5, 5.41) is 0. The van der Waals surface area contributed by atoms with Gasteiger partial charge in [-0.1, -0.05) is 7.43 Å². The lowest BCUT2D eigenvalue weighted by atomic mass is 10.2. The first-order chi connectivity index (χ1) is 9.42. The summed E-state index contributed by atoms with van der Waals surface area (Å²) in [5.41, 5.74) is 0. The largest absolute Gasteiger partial charge is 0.265 e. The molecule has 0 aromatic heterocycles. The third-order valence-corrected chi connectivity index (χ3v) is 5.17. The van der Waals surface area contributed by atoms with Gasteiger partial charge in [-0.25, -0.2) is 9.80 Å². The van der Waals surface area contributed by atoms with E-state index >= 15 is 0 Å². The third-order valence-electron chi connectivity index (χ3n) is 5.17. The number of nitrogens with zero attached hydrogens (tertiary/aromatic N) is 4. The summed E-state index contributed by atoms with van der Waals surface area (Å²) < 4.78 is 5.26. The standard InChI is InChI=1S/C15H26N4.CH4/c1-5-14-16(7-1)9-3-11-18(14)13-19-12-4-10-17-8-2-6-15(17)19;/h1-13H2;1H4/q+2;. The van der Waals surface area contributed by atoms with E-state index in [4.69, 9.17) is 0 Å². The van der Waals surface area contributed by atoms with Crippen molar-refractivity contribution in [2.75, 3.05) is 45.9 Å². The molecular formula is C16H30N4+2. The van der Waals surface area contributed by atoms with Crippen molar-refractivity contribution in [2.45, 2.75) is 46.0 Å². The summed E-state index contributed by atoms with van der Waals surface area (Å²) in [6.07, 6.45) is 8.05. The number of rotatable bonds is 2. The Kier molecular flexibility index (Phi) is 3.99. The second-order valence-electron chi connectivity index (χ2n) is 6.39. The molecule has 0 aliphatic carbocycles. The van der Waals surface area contributed by atoms with Crippen LogP contribution in [0.15, 0.2) is 0 Å². The molecule has 0 saturated carbocycles. The van der Waals surface area contributed by atoms with Crippen LogP contribution in [0.1, 0.15) is 46.0 Å². The van der Waals surface area contributed by atoms with Gasteiger partial charge in [0.1, 0.15) is 0 Å². The van der Waals surface area contributed by atoms with Gasteiger partial charge in [0.15, 0.2) is 0 Å². The van der Waals surface area contributed by atoms with E-state index in [-0.39, 0.29) is 7.43 Å². The van der Waals surface area contributed by atoms with E-state index in [1.54, 1.807) is 11.7 Å². The molecule has 0 amide bonds. The van der Waals surface area contributed by atoms with Crippen LogP contribution >= 0.6 is 0 Å². The zero-order chi connectivity index (χ0) is 12.7. The van der Waals surface area contributed by atoms with Crippen LogP contribution in [0, 0.1) is 0 Å². The molecule has 4 aliphatic rings. The molecular weight excluding hydrogens is 248 g/mol. The van der Waals surface area contributed by atoms with Gasteiger partial charge in [-0.05, 0) is 12.8 Å². The fourth-order valence-electron chi connectivity index (χ4n) is 4.30. The Morgan fingerprint density at radius 2 is 1.15 bits per heavy atom. The highest BCUT2D eigenvalue weighted by atomic mass is 15.4. The highest BCUT2D eigenvalue weighted by Gasteiger charge is 2.37. The Hall–Kier alpha value is -1.06. The van der Waals surface area contributed by atoms with Crippen molar-refractivity contribution in [3.05, 3.63) is 0 Å². The predicted molar refractivity (Wildman–Crippen MR) is 82.7 cm³/mol. The van der Waals surface area contributed by atoms with Crippen LogP contribution in [0.3, 0.4) is 0 Å². The molecule has 0 N–H and O–H groups in total. The highest BCUT2D eigenvalue weighted by molar-refractivity contribution is 5.81. The maximum absolute atomic E-state index is 2.67. The summed E-state index contributed by atoms with van der Waals surface area (Å²) in [6, 6.07) is 0. The lowest BCUT2D eigenvalue weighted by molar-refractivity contribution is -0.533. The minimum Gasteiger partial charge on any atom is -0.265 e. The molecule has 0 radical (unpaired) electrons. The average molecular weight is 278 g/mol. The maximum atomic E-state index is 2.67. The Labute approximate surface area is 123 Å². The van der Waals surface area contributed by atoms with Crippen molar-refractivity contribution in [1.82, 2.24) is 9.80 Å². The predicted octanol–water partition coefficient (Wildman–Crippen LogP) is 1.40. The summed E-state index contributed by atoms with van der Waals surface area (Å²) in [4.78, 5) is 5.34. The zero-order valence-electron chi connectivity index (χ0n) is 12.0. The SMILES string of the molecule is C.C1CC2=[N+](C1)CCCN2CN1CCC[N+]2=C1CCC2. The molecule has 4 aliphatic heterocycles. The fraction of sp³-hybridized carbons (Fsp3) is 0.875. The second-order valence-corrected chi connectivity index (χ2v) is 6.39. The van der Waals surface area contributed by atoms with E-state index in [1.807, 2.05) is 0 Å². The molecule has 4 heterocycles. The van der Waals surface area contributed by atoms with Crippen LogP contribution in [-0.2, 0) is 0 Å². The van der Waals surface area contributed by atoms with Crippen LogP contribution in [-0.4, -0.2) is 76.6 Å². The number of hydrogen-bond acceptors (Lipinski definition) is 2. The molecule has 4 nitrogen and oxygen atoms in total. The van der Waals surface area contributed by atoms with Gasteiger partial charge in [-0.2, -0.15) is 0 Å². The van der Waals surface area contributed by atoms with Gasteiger partial charge in [-0.3, -0.25) is 9.15 Å². The normalized spacial score (nSPS) is 25.8. The van der Waals surface area contributed by atoms with Gasteiger partial charge >= 0.3 is 0 Å². The Morgan fingerprint density at radius 1 is 0.700 bits per heavy atom. The fourth-order valence-corrected chi connectivity index (χ4v) is 4.30. The van der Waals surface area contributed by atoms with Crippen molar-refractivity contribution >= 4 is 11.7 Å². The van der Waals surface area contributed by atoms with Crippen LogP contribution in [0.2, 0.25) is 0 Å². The zero-order valence-corrected chi connectivity index (χ0v) is 12.0. The Morgan fingerprint density at radius 3 is 1.65 bits per heavy atom. The van der Waals surface area contributed by atoms with Crippen LogP contribution in [0.4, 0.5) is 0 Å². The average Bonchev–Trinajstić information content (AvgIpc) is 3.08. The van der Waals surface area contributed by atoms with Crippen molar-refractivity contribution in [3.63, 3.8) is 0 Å². The Balaban J connectivity index is 0.00000121.